The Balaban J connectivity index is 2.37. The molecule has 2 rings (SSSR count). The zero-order chi connectivity index (χ0) is 18.8. The van der Waals surface area contributed by atoms with Gasteiger partial charge in [-0.05, 0) is 46.6 Å². The van der Waals surface area contributed by atoms with E-state index in [1.807, 2.05) is 13.8 Å². The summed E-state index contributed by atoms with van der Waals surface area (Å²) in [4.78, 5) is 37.3. The van der Waals surface area contributed by atoms with Crippen molar-refractivity contribution in [3.8, 4) is 0 Å². The fourth-order valence-corrected chi connectivity index (χ4v) is 2.70. The van der Waals surface area contributed by atoms with Crippen LogP contribution in [0.5, 0.6) is 0 Å². The van der Waals surface area contributed by atoms with E-state index in [2.05, 4.69) is 20.3 Å². The Labute approximate surface area is 147 Å². The molecule has 0 radical (unpaired) electrons. The highest BCUT2D eigenvalue weighted by Gasteiger charge is 2.46. The molecule has 2 heterocycles. The van der Waals surface area contributed by atoms with Crippen LogP contribution in [0, 0.1) is 12.3 Å². The number of hydrogen-bond donors (Lipinski definition) is 2. The summed E-state index contributed by atoms with van der Waals surface area (Å²) in [5.74, 6) is -0.00404. The topological polar surface area (TPSA) is 97.0 Å². The second-order valence-electron chi connectivity index (χ2n) is 7.10. The quantitative estimate of drug-likeness (QED) is 0.639. The van der Waals surface area contributed by atoms with Crippen molar-refractivity contribution in [2.45, 2.75) is 60.0 Å². The summed E-state index contributed by atoms with van der Waals surface area (Å²) in [6.07, 6.45) is 2.41. The van der Waals surface area contributed by atoms with Gasteiger partial charge in [0.1, 0.15) is 28.3 Å². The van der Waals surface area contributed by atoms with E-state index in [0.29, 0.717) is 35.5 Å². The van der Waals surface area contributed by atoms with Crippen LogP contribution in [-0.2, 0) is 14.3 Å². The van der Waals surface area contributed by atoms with E-state index < -0.39 is 22.9 Å². The van der Waals surface area contributed by atoms with Crippen LogP contribution in [0.25, 0.3) is 11.0 Å². The molecule has 0 fully saturated rings. The van der Waals surface area contributed by atoms with Crippen molar-refractivity contribution in [1.29, 1.82) is 0 Å². The molecule has 0 unspecified atom stereocenters. The van der Waals surface area contributed by atoms with Gasteiger partial charge in [0.15, 0.2) is 0 Å². The third-order valence-corrected chi connectivity index (χ3v) is 4.19. The molecule has 2 N–H and O–H groups in total. The SMILES string of the molecule is CCC(CC)(C(=O)Nc1nc(C)nc2[nH]ccc12)C(=O)OC(C)(C)C. The first-order valence-corrected chi connectivity index (χ1v) is 8.49. The van der Waals surface area contributed by atoms with Gasteiger partial charge in [-0.2, -0.15) is 0 Å². The van der Waals surface area contributed by atoms with E-state index in [1.165, 1.54) is 0 Å². The van der Waals surface area contributed by atoms with Crippen LogP contribution >= 0.6 is 0 Å². The lowest BCUT2D eigenvalue weighted by molar-refractivity contribution is -0.170. The van der Waals surface area contributed by atoms with E-state index >= 15 is 0 Å². The second kappa shape index (κ2) is 6.82. The molecule has 2 aromatic heterocycles. The normalized spacial score (nSPS) is 12.2. The lowest BCUT2D eigenvalue weighted by Crippen LogP contribution is -2.46. The molecule has 7 heteroatoms. The molecule has 0 spiro atoms. The van der Waals surface area contributed by atoms with Crippen molar-refractivity contribution >= 4 is 28.7 Å². The van der Waals surface area contributed by atoms with Gasteiger partial charge in [0.05, 0.1) is 5.39 Å². The van der Waals surface area contributed by atoms with Crippen molar-refractivity contribution in [3.05, 3.63) is 18.1 Å². The summed E-state index contributed by atoms with van der Waals surface area (Å²) >= 11 is 0. The molecule has 0 bridgehead atoms. The average Bonchev–Trinajstić information content (AvgIpc) is 2.95. The number of anilines is 1. The molecule has 0 atom stereocenters. The zero-order valence-electron chi connectivity index (χ0n) is 15.7. The molecule has 0 aromatic carbocycles. The number of aromatic nitrogens is 3. The largest absolute Gasteiger partial charge is 0.459 e. The summed E-state index contributed by atoms with van der Waals surface area (Å²) in [6, 6.07) is 1.79. The van der Waals surface area contributed by atoms with Gasteiger partial charge >= 0.3 is 5.97 Å². The molecule has 0 saturated carbocycles. The van der Waals surface area contributed by atoms with Crippen LogP contribution < -0.4 is 5.32 Å². The molecule has 0 aliphatic carbocycles. The molecule has 136 valence electrons. The van der Waals surface area contributed by atoms with Gasteiger partial charge in [0.2, 0.25) is 5.91 Å². The predicted octanol–water partition coefficient (Wildman–Crippen LogP) is 3.35. The number of nitrogens with zero attached hydrogens (tertiary/aromatic N) is 2. The number of hydrogen-bond acceptors (Lipinski definition) is 5. The minimum Gasteiger partial charge on any atom is -0.459 e. The molecule has 2 aromatic rings. The van der Waals surface area contributed by atoms with Gasteiger partial charge in [-0.15, -0.1) is 0 Å². The third-order valence-electron chi connectivity index (χ3n) is 4.19. The molecule has 0 aliphatic heterocycles. The van der Waals surface area contributed by atoms with Gasteiger partial charge in [0.25, 0.3) is 0 Å². The monoisotopic (exact) mass is 346 g/mol. The molecule has 25 heavy (non-hydrogen) atoms. The van der Waals surface area contributed by atoms with E-state index in [4.69, 9.17) is 4.74 Å². The van der Waals surface area contributed by atoms with E-state index in [0.717, 1.165) is 0 Å². The maximum atomic E-state index is 13.0. The number of aryl methyl sites for hydroxylation is 1. The Hall–Kier alpha value is -2.44. The van der Waals surface area contributed by atoms with Gasteiger partial charge < -0.3 is 15.0 Å². The third kappa shape index (κ3) is 3.81. The smallest absolute Gasteiger partial charge is 0.322 e. The number of carbonyl (C=O) groups is 2. The fraction of sp³-hybridized carbons (Fsp3) is 0.556. The summed E-state index contributed by atoms with van der Waals surface area (Å²) in [5, 5.41) is 3.51. The van der Waals surface area contributed by atoms with Crippen LogP contribution in [0.2, 0.25) is 0 Å². The maximum absolute atomic E-state index is 13.0. The first-order chi connectivity index (χ1) is 11.6. The summed E-state index contributed by atoms with van der Waals surface area (Å²) < 4.78 is 5.50. The first kappa shape index (κ1) is 18.9. The highest BCUT2D eigenvalue weighted by atomic mass is 16.6. The highest BCUT2D eigenvalue weighted by Crippen LogP contribution is 2.32. The highest BCUT2D eigenvalue weighted by molar-refractivity contribution is 6.10. The lowest BCUT2D eigenvalue weighted by Gasteiger charge is -2.31. The summed E-state index contributed by atoms with van der Waals surface area (Å²) in [7, 11) is 0. The van der Waals surface area contributed by atoms with Crippen molar-refractivity contribution < 1.29 is 14.3 Å². The van der Waals surface area contributed by atoms with Crippen LogP contribution in [0.15, 0.2) is 12.3 Å². The number of esters is 1. The maximum Gasteiger partial charge on any atom is 0.322 e. The average molecular weight is 346 g/mol. The molecular weight excluding hydrogens is 320 g/mol. The first-order valence-electron chi connectivity index (χ1n) is 8.49. The second-order valence-corrected chi connectivity index (χ2v) is 7.10. The van der Waals surface area contributed by atoms with Crippen LogP contribution in [0.1, 0.15) is 53.3 Å². The Morgan fingerprint density at radius 3 is 2.40 bits per heavy atom. The molecule has 1 amide bonds. The standard InChI is InChI=1S/C18H26N4O3/c1-7-18(8-2,16(24)25-17(4,5)6)15(23)22-14-12-9-10-19-13(12)20-11(3)21-14/h9-10H,7-8H2,1-6H3,(H2,19,20,21,22,23). The minimum absolute atomic E-state index is 0.338. The van der Waals surface area contributed by atoms with E-state index in [1.54, 1.807) is 40.0 Å². The van der Waals surface area contributed by atoms with Gasteiger partial charge in [0, 0.05) is 6.20 Å². The van der Waals surface area contributed by atoms with Gasteiger partial charge in [-0.25, -0.2) is 9.97 Å². The zero-order valence-corrected chi connectivity index (χ0v) is 15.7. The number of amides is 1. The number of carbonyl (C=O) groups excluding carboxylic acids is 2. The van der Waals surface area contributed by atoms with Crippen molar-refractivity contribution in [2.75, 3.05) is 5.32 Å². The Morgan fingerprint density at radius 2 is 1.84 bits per heavy atom. The predicted molar refractivity (Wildman–Crippen MR) is 96.1 cm³/mol. The molecule has 0 saturated heterocycles. The molecule has 7 nitrogen and oxygen atoms in total. The number of ether oxygens (including phenoxy) is 1. The van der Waals surface area contributed by atoms with Crippen molar-refractivity contribution in [3.63, 3.8) is 0 Å². The van der Waals surface area contributed by atoms with Crippen LogP contribution in [0.3, 0.4) is 0 Å². The van der Waals surface area contributed by atoms with E-state index in [9.17, 15) is 9.59 Å². The number of aromatic amines is 1. The Bertz CT molecular complexity index is 785. The van der Waals surface area contributed by atoms with Crippen LogP contribution in [0.4, 0.5) is 5.82 Å². The van der Waals surface area contributed by atoms with Crippen molar-refractivity contribution in [1.82, 2.24) is 15.0 Å². The van der Waals surface area contributed by atoms with Crippen LogP contribution in [-0.4, -0.2) is 32.4 Å². The Kier molecular flexibility index (Phi) is 5.15. The summed E-state index contributed by atoms with van der Waals surface area (Å²) in [6.45, 7) is 10.7. The lowest BCUT2D eigenvalue weighted by atomic mass is 9.81. The van der Waals surface area contributed by atoms with Gasteiger partial charge in [-0.1, -0.05) is 13.8 Å². The molecule has 0 aliphatic rings. The Morgan fingerprint density at radius 1 is 1.20 bits per heavy atom. The van der Waals surface area contributed by atoms with E-state index in [-0.39, 0.29) is 0 Å². The fourth-order valence-electron chi connectivity index (χ4n) is 2.70. The number of nitrogens with one attached hydrogen (secondary N) is 2. The van der Waals surface area contributed by atoms with Crippen molar-refractivity contribution in [2.24, 2.45) is 5.41 Å². The number of H-pyrrole nitrogens is 1. The van der Waals surface area contributed by atoms with Gasteiger partial charge in [-0.3, -0.25) is 9.59 Å². The number of rotatable bonds is 5. The molecular formula is C18H26N4O3. The minimum atomic E-state index is -1.26. The summed E-state index contributed by atoms with van der Waals surface area (Å²) in [5.41, 5.74) is -1.28. The number of fused-ring (bicyclic) bond motifs is 1.